The molecule has 1 atom stereocenters. The minimum absolute atomic E-state index is 0.441. The molecule has 0 amide bonds. The minimum atomic E-state index is 0.441. The van der Waals surface area contributed by atoms with Gasteiger partial charge in [-0.2, -0.15) is 5.10 Å². The summed E-state index contributed by atoms with van der Waals surface area (Å²) in [6.07, 6.45) is 2.42. The molecule has 1 aliphatic rings. The molecule has 1 aromatic heterocycles. The van der Waals surface area contributed by atoms with Crippen LogP contribution >= 0.6 is 12.2 Å². The zero-order valence-electron chi connectivity index (χ0n) is 12.2. The molecule has 0 radical (unpaired) electrons. The fourth-order valence-electron chi connectivity index (χ4n) is 2.99. The van der Waals surface area contributed by atoms with Crippen molar-refractivity contribution in [2.24, 2.45) is 12.8 Å². The first-order valence-electron chi connectivity index (χ1n) is 6.66. The first-order valence-corrected chi connectivity index (χ1v) is 7.07. The zero-order valence-corrected chi connectivity index (χ0v) is 13.0. The van der Waals surface area contributed by atoms with Gasteiger partial charge in [0.05, 0.1) is 11.3 Å². The van der Waals surface area contributed by atoms with Crippen LogP contribution in [0, 0.1) is 6.92 Å². The SMILES string of the molecule is Cc1nn(C)c(N2CCCC2CN(C)C)c1C(N)=S. The van der Waals surface area contributed by atoms with Gasteiger partial charge in [-0.05, 0) is 33.9 Å². The number of nitrogens with two attached hydrogens (primary N) is 1. The van der Waals surface area contributed by atoms with Gasteiger partial charge in [-0.3, -0.25) is 4.68 Å². The second-order valence-corrected chi connectivity index (χ2v) is 5.96. The molecule has 1 saturated heterocycles. The number of thiocarbonyl (C=S) groups is 1. The van der Waals surface area contributed by atoms with Gasteiger partial charge in [-0.1, -0.05) is 12.2 Å². The summed E-state index contributed by atoms with van der Waals surface area (Å²) >= 11 is 5.20. The summed E-state index contributed by atoms with van der Waals surface area (Å²) in [7, 11) is 6.19. The first kappa shape index (κ1) is 14.3. The topological polar surface area (TPSA) is 50.3 Å². The molecule has 1 aliphatic heterocycles. The summed E-state index contributed by atoms with van der Waals surface area (Å²) in [6.45, 7) is 4.06. The van der Waals surface area contributed by atoms with Crippen LogP contribution in [0.25, 0.3) is 0 Å². The highest BCUT2D eigenvalue weighted by Gasteiger charge is 2.30. The summed E-state index contributed by atoms with van der Waals surface area (Å²) in [5.74, 6) is 1.08. The average molecular weight is 281 g/mol. The van der Waals surface area contributed by atoms with E-state index in [0.717, 1.165) is 30.2 Å². The Morgan fingerprint density at radius 3 is 2.79 bits per heavy atom. The predicted octanol–water partition coefficient (Wildman–Crippen LogP) is 0.893. The van der Waals surface area contributed by atoms with E-state index in [2.05, 4.69) is 29.0 Å². The molecule has 2 rings (SSSR count). The Labute approximate surface area is 120 Å². The molecule has 2 N–H and O–H groups in total. The monoisotopic (exact) mass is 281 g/mol. The van der Waals surface area contributed by atoms with E-state index < -0.39 is 0 Å². The average Bonchev–Trinajstić information content (AvgIpc) is 2.81. The number of hydrogen-bond acceptors (Lipinski definition) is 4. The van der Waals surface area contributed by atoms with Gasteiger partial charge in [0.1, 0.15) is 10.8 Å². The lowest BCUT2D eigenvalue weighted by Crippen LogP contribution is -2.39. The fourth-order valence-corrected chi connectivity index (χ4v) is 3.23. The molecular weight excluding hydrogens is 258 g/mol. The zero-order chi connectivity index (χ0) is 14.2. The molecule has 2 heterocycles. The van der Waals surface area contributed by atoms with E-state index in [1.165, 1.54) is 12.8 Å². The van der Waals surface area contributed by atoms with Crippen molar-refractivity contribution in [3.63, 3.8) is 0 Å². The van der Waals surface area contributed by atoms with Crippen LogP contribution in [0.2, 0.25) is 0 Å². The van der Waals surface area contributed by atoms with E-state index in [1.54, 1.807) is 0 Å². The van der Waals surface area contributed by atoms with Gasteiger partial charge < -0.3 is 15.5 Å². The molecular formula is C13H23N5S. The van der Waals surface area contributed by atoms with Crippen LogP contribution in [-0.2, 0) is 7.05 Å². The summed E-state index contributed by atoms with van der Waals surface area (Å²) in [5, 5.41) is 4.48. The van der Waals surface area contributed by atoms with Gasteiger partial charge >= 0.3 is 0 Å². The Hall–Kier alpha value is -1.14. The van der Waals surface area contributed by atoms with E-state index in [-0.39, 0.29) is 0 Å². The van der Waals surface area contributed by atoms with E-state index in [4.69, 9.17) is 18.0 Å². The number of aromatic nitrogens is 2. The fraction of sp³-hybridized carbons (Fsp3) is 0.692. The lowest BCUT2D eigenvalue weighted by Gasteiger charge is -2.29. The largest absolute Gasteiger partial charge is 0.389 e. The smallest absolute Gasteiger partial charge is 0.137 e. The molecule has 19 heavy (non-hydrogen) atoms. The van der Waals surface area contributed by atoms with E-state index in [0.29, 0.717) is 11.0 Å². The Balaban J connectivity index is 2.37. The Morgan fingerprint density at radius 1 is 1.53 bits per heavy atom. The van der Waals surface area contributed by atoms with Gasteiger partial charge in [0.15, 0.2) is 0 Å². The predicted molar refractivity (Wildman–Crippen MR) is 82.8 cm³/mol. The quantitative estimate of drug-likeness (QED) is 0.831. The van der Waals surface area contributed by atoms with Crippen LogP contribution in [0.5, 0.6) is 0 Å². The van der Waals surface area contributed by atoms with Crippen LogP contribution in [0.1, 0.15) is 24.1 Å². The van der Waals surface area contributed by atoms with Crippen molar-refractivity contribution in [3.8, 4) is 0 Å². The van der Waals surface area contributed by atoms with E-state index in [1.807, 2.05) is 18.7 Å². The third kappa shape index (κ3) is 2.74. The summed E-state index contributed by atoms with van der Waals surface area (Å²) < 4.78 is 1.91. The highest BCUT2D eigenvalue weighted by Crippen LogP contribution is 2.30. The molecule has 6 heteroatoms. The highest BCUT2D eigenvalue weighted by molar-refractivity contribution is 7.80. The van der Waals surface area contributed by atoms with Crippen molar-refractivity contribution in [1.82, 2.24) is 14.7 Å². The standard InChI is InChI=1S/C13H23N5S/c1-9-11(12(14)19)13(17(4)15-9)18-7-5-6-10(18)8-16(2)3/h10H,5-8H2,1-4H3,(H2,14,19). The Kier molecular flexibility index (Phi) is 4.10. The maximum absolute atomic E-state index is 5.88. The maximum atomic E-state index is 5.88. The number of hydrogen-bond donors (Lipinski definition) is 1. The molecule has 1 aromatic rings. The second kappa shape index (κ2) is 5.46. The van der Waals surface area contributed by atoms with Gasteiger partial charge in [-0.25, -0.2) is 0 Å². The van der Waals surface area contributed by atoms with Crippen LogP contribution < -0.4 is 10.6 Å². The number of rotatable bonds is 4. The summed E-state index contributed by atoms with van der Waals surface area (Å²) in [5.41, 5.74) is 7.73. The first-order chi connectivity index (χ1) is 8.91. The number of likely N-dealkylation sites (N-methyl/N-ethyl adjacent to an activating group) is 1. The second-order valence-electron chi connectivity index (χ2n) is 5.52. The Morgan fingerprint density at radius 2 is 2.21 bits per heavy atom. The lowest BCUT2D eigenvalue weighted by molar-refractivity contribution is 0.370. The van der Waals surface area contributed by atoms with Crippen LogP contribution in [0.4, 0.5) is 5.82 Å². The third-order valence-corrected chi connectivity index (χ3v) is 3.87. The third-order valence-electron chi connectivity index (χ3n) is 3.66. The van der Waals surface area contributed by atoms with Crippen molar-refractivity contribution < 1.29 is 0 Å². The van der Waals surface area contributed by atoms with Crippen LogP contribution in [0.15, 0.2) is 0 Å². The van der Waals surface area contributed by atoms with E-state index in [9.17, 15) is 0 Å². The van der Waals surface area contributed by atoms with Gasteiger partial charge in [0, 0.05) is 26.2 Å². The normalized spacial score (nSPS) is 19.4. The molecule has 0 aromatic carbocycles. The summed E-state index contributed by atoms with van der Waals surface area (Å²) in [6, 6.07) is 0.512. The Bertz CT molecular complexity index is 480. The number of nitrogens with zero attached hydrogens (tertiary/aromatic N) is 4. The van der Waals surface area contributed by atoms with Gasteiger partial charge in [-0.15, -0.1) is 0 Å². The molecule has 0 spiro atoms. The van der Waals surface area contributed by atoms with Crippen molar-refractivity contribution >= 4 is 23.0 Å². The van der Waals surface area contributed by atoms with Crippen LogP contribution in [-0.4, -0.2) is 52.9 Å². The minimum Gasteiger partial charge on any atom is -0.389 e. The molecule has 0 bridgehead atoms. The molecule has 5 nitrogen and oxygen atoms in total. The molecule has 0 saturated carbocycles. The lowest BCUT2D eigenvalue weighted by atomic mass is 10.2. The molecule has 106 valence electrons. The number of anilines is 1. The van der Waals surface area contributed by atoms with Crippen LogP contribution in [0.3, 0.4) is 0 Å². The summed E-state index contributed by atoms with van der Waals surface area (Å²) in [4.78, 5) is 5.08. The molecule has 1 fully saturated rings. The van der Waals surface area contributed by atoms with Gasteiger partial charge in [0.2, 0.25) is 0 Å². The van der Waals surface area contributed by atoms with E-state index >= 15 is 0 Å². The molecule has 0 aliphatic carbocycles. The molecule has 1 unspecified atom stereocenters. The maximum Gasteiger partial charge on any atom is 0.137 e. The van der Waals surface area contributed by atoms with Crippen molar-refractivity contribution in [1.29, 1.82) is 0 Å². The van der Waals surface area contributed by atoms with Crippen molar-refractivity contribution in [2.45, 2.75) is 25.8 Å². The number of aryl methyl sites for hydroxylation is 2. The van der Waals surface area contributed by atoms with Crippen molar-refractivity contribution in [3.05, 3.63) is 11.3 Å². The van der Waals surface area contributed by atoms with Crippen molar-refractivity contribution in [2.75, 3.05) is 32.1 Å². The highest BCUT2D eigenvalue weighted by atomic mass is 32.1. The van der Waals surface area contributed by atoms with Gasteiger partial charge in [0.25, 0.3) is 0 Å².